The van der Waals surface area contributed by atoms with Gasteiger partial charge in [0, 0.05) is 41.9 Å². The Morgan fingerprint density at radius 1 is 0.296 bits per heavy atom. The van der Waals surface area contributed by atoms with E-state index in [2.05, 4.69) is 182 Å². The van der Waals surface area contributed by atoms with E-state index in [0.29, 0.717) is 0 Å². The first-order valence-corrected chi connectivity index (χ1v) is 19.3. The Morgan fingerprint density at radius 3 is 1.48 bits per heavy atom. The lowest BCUT2D eigenvalue weighted by atomic mass is 9.85. The number of rotatable bonds is 3. The standard InChI is InChI=1S/C52H30OS/c1-2-12-33-28-35(21-20-31(33)10-1)49-41-14-5-7-16-43(41)50(44-17-8-6-15-42(44)49)36-24-26-40-39-25-23-34(29-47(39)54-48(40)30-36)38-18-9-19-45-46-27-22-32-11-3-4-13-37(32)51(46)53-52(38)45/h1-30H. The second-order valence-corrected chi connectivity index (χ2v) is 15.5. The minimum Gasteiger partial charge on any atom is -0.455 e. The van der Waals surface area contributed by atoms with E-state index in [1.807, 2.05) is 11.3 Å². The second-order valence-electron chi connectivity index (χ2n) is 14.4. The van der Waals surface area contributed by atoms with Crippen molar-refractivity contribution in [2.45, 2.75) is 0 Å². The van der Waals surface area contributed by atoms with Gasteiger partial charge in [-0.3, -0.25) is 0 Å². The van der Waals surface area contributed by atoms with Gasteiger partial charge in [-0.15, -0.1) is 11.3 Å². The van der Waals surface area contributed by atoms with Crippen LogP contribution in [-0.2, 0) is 0 Å². The van der Waals surface area contributed by atoms with Crippen LogP contribution in [0.15, 0.2) is 186 Å². The van der Waals surface area contributed by atoms with Gasteiger partial charge in [0.1, 0.15) is 11.2 Å². The van der Waals surface area contributed by atoms with Crippen LogP contribution in [0.5, 0.6) is 0 Å². The van der Waals surface area contributed by atoms with E-state index in [0.717, 1.165) is 32.9 Å². The summed E-state index contributed by atoms with van der Waals surface area (Å²) in [4.78, 5) is 0. The van der Waals surface area contributed by atoms with Crippen molar-refractivity contribution < 1.29 is 4.42 Å². The highest BCUT2D eigenvalue weighted by Crippen LogP contribution is 2.46. The molecule has 12 rings (SSSR count). The predicted octanol–water partition coefficient (Wildman–Crippen LogP) is 15.6. The van der Waals surface area contributed by atoms with Gasteiger partial charge in [0.2, 0.25) is 0 Å². The smallest absolute Gasteiger partial charge is 0.143 e. The fourth-order valence-electron chi connectivity index (χ4n) is 8.95. The normalized spacial score (nSPS) is 12.1. The van der Waals surface area contributed by atoms with Crippen molar-refractivity contribution in [2.24, 2.45) is 0 Å². The highest BCUT2D eigenvalue weighted by Gasteiger charge is 2.19. The van der Waals surface area contributed by atoms with E-state index in [9.17, 15) is 0 Å². The molecular weight excluding hydrogens is 673 g/mol. The molecule has 0 amide bonds. The number of hydrogen-bond acceptors (Lipinski definition) is 2. The fraction of sp³-hybridized carbons (Fsp3) is 0. The topological polar surface area (TPSA) is 13.1 Å². The molecule has 250 valence electrons. The van der Waals surface area contributed by atoms with Gasteiger partial charge in [0.15, 0.2) is 0 Å². The molecule has 0 unspecified atom stereocenters. The van der Waals surface area contributed by atoms with E-state index < -0.39 is 0 Å². The Labute approximate surface area is 314 Å². The summed E-state index contributed by atoms with van der Waals surface area (Å²) in [5.74, 6) is 0. The molecule has 0 atom stereocenters. The van der Waals surface area contributed by atoms with Crippen LogP contribution >= 0.6 is 11.3 Å². The molecule has 0 aliphatic rings. The maximum Gasteiger partial charge on any atom is 0.143 e. The molecule has 2 heterocycles. The molecule has 0 radical (unpaired) electrons. The van der Waals surface area contributed by atoms with Gasteiger partial charge < -0.3 is 4.42 Å². The monoisotopic (exact) mass is 702 g/mol. The molecule has 0 N–H and O–H groups in total. The molecule has 2 aromatic heterocycles. The molecule has 1 nitrogen and oxygen atoms in total. The summed E-state index contributed by atoms with van der Waals surface area (Å²) in [5.41, 5.74) is 9.26. The van der Waals surface area contributed by atoms with Crippen molar-refractivity contribution in [1.29, 1.82) is 0 Å². The molecule has 54 heavy (non-hydrogen) atoms. The van der Waals surface area contributed by atoms with Crippen molar-refractivity contribution in [3.8, 4) is 33.4 Å². The molecule has 0 aliphatic heterocycles. The third-order valence-corrected chi connectivity index (χ3v) is 12.5. The second kappa shape index (κ2) is 11.4. The van der Waals surface area contributed by atoms with Crippen LogP contribution < -0.4 is 0 Å². The first-order chi connectivity index (χ1) is 26.8. The highest BCUT2D eigenvalue weighted by atomic mass is 32.1. The molecular formula is C52H30OS. The van der Waals surface area contributed by atoms with Crippen molar-refractivity contribution in [3.63, 3.8) is 0 Å². The zero-order chi connectivity index (χ0) is 35.3. The lowest BCUT2D eigenvalue weighted by molar-refractivity contribution is 0.674. The van der Waals surface area contributed by atoms with Gasteiger partial charge in [-0.2, -0.15) is 0 Å². The largest absolute Gasteiger partial charge is 0.455 e. The Kier molecular flexibility index (Phi) is 6.28. The fourth-order valence-corrected chi connectivity index (χ4v) is 10.1. The number of hydrogen-bond donors (Lipinski definition) is 0. The number of fused-ring (bicyclic) bond motifs is 11. The van der Waals surface area contributed by atoms with Crippen molar-refractivity contribution >= 4 is 96.5 Å². The first kappa shape index (κ1) is 29.8. The average Bonchev–Trinajstić information content (AvgIpc) is 3.80. The predicted molar refractivity (Wildman–Crippen MR) is 233 cm³/mol. The summed E-state index contributed by atoms with van der Waals surface area (Å²) in [6, 6.07) is 66.7. The molecule has 10 aromatic carbocycles. The Bertz CT molecular complexity index is 3450. The summed E-state index contributed by atoms with van der Waals surface area (Å²) in [6.45, 7) is 0. The van der Waals surface area contributed by atoms with Gasteiger partial charge in [-0.25, -0.2) is 0 Å². The van der Waals surface area contributed by atoms with E-state index >= 15 is 0 Å². The summed E-state index contributed by atoms with van der Waals surface area (Å²) in [5, 5.41) is 14.8. The van der Waals surface area contributed by atoms with Crippen LogP contribution in [0.2, 0.25) is 0 Å². The van der Waals surface area contributed by atoms with Gasteiger partial charge >= 0.3 is 0 Å². The molecule has 2 heteroatoms. The summed E-state index contributed by atoms with van der Waals surface area (Å²) >= 11 is 1.87. The van der Waals surface area contributed by atoms with Gasteiger partial charge in [-0.05, 0) is 89.8 Å². The van der Waals surface area contributed by atoms with Crippen LogP contribution in [0.4, 0.5) is 0 Å². The number of para-hydroxylation sites is 1. The molecule has 0 saturated carbocycles. The molecule has 0 spiro atoms. The van der Waals surface area contributed by atoms with Crippen molar-refractivity contribution in [1.82, 2.24) is 0 Å². The average molecular weight is 703 g/mol. The van der Waals surface area contributed by atoms with Crippen molar-refractivity contribution in [3.05, 3.63) is 182 Å². The third-order valence-electron chi connectivity index (χ3n) is 11.4. The quantitative estimate of drug-likeness (QED) is 0.167. The zero-order valence-electron chi connectivity index (χ0n) is 29.1. The third kappa shape index (κ3) is 4.32. The lowest BCUT2D eigenvalue weighted by Crippen LogP contribution is -1.90. The van der Waals surface area contributed by atoms with Crippen LogP contribution in [0.3, 0.4) is 0 Å². The van der Waals surface area contributed by atoms with Crippen LogP contribution in [-0.4, -0.2) is 0 Å². The molecule has 0 bridgehead atoms. The van der Waals surface area contributed by atoms with E-state index in [1.165, 1.54) is 85.7 Å². The molecule has 0 saturated heterocycles. The minimum absolute atomic E-state index is 0.942. The summed E-state index contributed by atoms with van der Waals surface area (Å²) in [7, 11) is 0. The maximum atomic E-state index is 6.72. The minimum atomic E-state index is 0.942. The Hall–Kier alpha value is -6.74. The number of furan rings is 1. The van der Waals surface area contributed by atoms with Crippen LogP contribution in [0, 0.1) is 0 Å². The number of thiophene rings is 1. The molecule has 0 fully saturated rings. The Morgan fingerprint density at radius 2 is 0.778 bits per heavy atom. The molecule has 0 aliphatic carbocycles. The first-order valence-electron chi connectivity index (χ1n) is 18.5. The van der Waals surface area contributed by atoms with Gasteiger partial charge in [-0.1, -0.05) is 158 Å². The highest BCUT2D eigenvalue weighted by molar-refractivity contribution is 7.25. The van der Waals surface area contributed by atoms with Gasteiger partial charge in [0.05, 0.1) is 0 Å². The lowest BCUT2D eigenvalue weighted by Gasteiger charge is -2.18. The van der Waals surface area contributed by atoms with E-state index in [1.54, 1.807) is 0 Å². The van der Waals surface area contributed by atoms with E-state index in [4.69, 9.17) is 4.42 Å². The van der Waals surface area contributed by atoms with E-state index in [-0.39, 0.29) is 0 Å². The van der Waals surface area contributed by atoms with Crippen LogP contribution in [0.1, 0.15) is 0 Å². The summed E-state index contributed by atoms with van der Waals surface area (Å²) < 4.78 is 9.29. The zero-order valence-corrected chi connectivity index (χ0v) is 30.0. The van der Waals surface area contributed by atoms with Crippen molar-refractivity contribution in [2.75, 3.05) is 0 Å². The number of benzene rings is 10. The Balaban J connectivity index is 1.03. The molecule has 12 aromatic rings. The maximum absolute atomic E-state index is 6.72. The SMILES string of the molecule is c1ccc2cc(-c3c4ccccc4c(-c4ccc5c(c4)sc4cc(-c6cccc7c6oc6c8ccccc8ccc76)ccc45)c4ccccc34)ccc2c1. The van der Waals surface area contributed by atoms with Gasteiger partial charge in [0.25, 0.3) is 0 Å². The summed E-state index contributed by atoms with van der Waals surface area (Å²) in [6.07, 6.45) is 0. The van der Waals surface area contributed by atoms with Crippen LogP contribution in [0.25, 0.3) is 119 Å².